The lowest BCUT2D eigenvalue weighted by Gasteiger charge is -2.29. The highest BCUT2D eigenvalue weighted by atomic mass is 16.4. The first-order valence-corrected chi connectivity index (χ1v) is 24.4. The smallest absolute Gasteiger partial charge is 0.326 e. The summed E-state index contributed by atoms with van der Waals surface area (Å²) >= 11 is 0. The van der Waals surface area contributed by atoms with Gasteiger partial charge in [-0.15, -0.1) is 0 Å². The van der Waals surface area contributed by atoms with Gasteiger partial charge in [0.1, 0.15) is 36.0 Å². The molecular formula is C48H82N10O13. The topological polar surface area (TPSA) is 369 Å². The molecule has 1 aromatic carbocycles. The SMILES string of the molecule is CC[C@H](C)[C@H](NCCNC(=O)[C@H](Cc1ccc(O)cc1)NCCNC(=O)[C@H](C)NC(=O)[C@H](CC(C)C)NC(=O)[C@@H](N)CCC(=O)O)C(=O)N[C@@H](CC(C)C)C(=O)N[C@H](C(=O)N[C@H](C(=O)O)C(C)C)[C@@H](C)O. The number of carbonyl (C=O) groups excluding carboxylic acids is 7. The highest BCUT2D eigenvalue weighted by molar-refractivity contribution is 5.95. The third kappa shape index (κ3) is 24.2. The number of aliphatic carboxylic acids is 2. The average molecular weight is 1010 g/mol. The molecule has 15 N–H and O–H groups in total. The molecule has 0 radical (unpaired) electrons. The predicted octanol–water partition coefficient (Wildman–Crippen LogP) is -1.02. The molecule has 10 atom stereocenters. The molecule has 0 fully saturated rings. The van der Waals surface area contributed by atoms with Gasteiger partial charge >= 0.3 is 11.9 Å². The molecular weight excluding hydrogens is 925 g/mol. The lowest BCUT2D eigenvalue weighted by molar-refractivity contribution is -0.144. The zero-order valence-electron chi connectivity index (χ0n) is 42.9. The molecule has 71 heavy (non-hydrogen) atoms. The lowest BCUT2D eigenvalue weighted by Crippen LogP contribution is -2.61. The van der Waals surface area contributed by atoms with Crippen molar-refractivity contribution in [1.82, 2.24) is 47.9 Å². The molecule has 0 heterocycles. The maximum atomic E-state index is 13.9. The summed E-state index contributed by atoms with van der Waals surface area (Å²) in [6.45, 7) is 17.4. The predicted molar refractivity (Wildman–Crippen MR) is 264 cm³/mol. The number of phenolic OH excluding ortho intramolecular Hbond substituents is 1. The van der Waals surface area contributed by atoms with Gasteiger partial charge in [-0.05, 0) is 80.9 Å². The van der Waals surface area contributed by atoms with Crippen molar-refractivity contribution < 1.29 is 63.6 Å². The Kier molecular flexibility index (Phi) is 28.6. The number of hydrogen-bond acceptors (Lipinski definition) is 14. The number of aromatic hydroxyl groups is 1. The number of hydrogen-bond donors (Lipinski definition) is 14. The Bertz CT molecular complexity index is 1900. The molecule has 1 aromatic rings. The van der Waals surface area contributed by atoms with Crippen LogP contribution in [0.5, 0.6) is 5.75 Å². The van der Waals surface area contributed by atoms with Crippen molar-refractivity contribution in [2.45, 2.75) is 162 Å². The maximum absolute atomic E-state index is 13.9. The Labute approximate surface area is 417 Å². The summed E-state index contributed by atoms with van der Waals surface area (Å²) in [6.07, 6.45) is -0.704. The van der Waals surface area contributed by atoms with E-state index in [1.165, 1.54) is 26.0 Å². The minimum absolute atomic E-state index is 0.0303. The Balaban J connectivity index is 3.01. The molecule has 0 aliphatic carbocycles. The summed E-state index contributed by atoms with van der Waals surface area (Å²) in [5.74, 6) is -7.66. The first kappa shape index (κ1) is 63.1. The lowest BCUT2D eigenvalue weighted by atomic mass is 9.96. The minimum atomic E-state index is -1.51. The van der Waals surface area contributed by atoms with Crippen molar-refractivity contribution >= 4 is 53.3 Å². The van der Waals surface area contributed by atoms with E-state index in [2.05, 4.69) is 47.9 Å². The average Bonchev–Trinajstić information content (AvgIpc) is 3.28. The number of nitrogens with two attached hydrogens (primary N) is 1. The molecule has 0 aliphatic rings. The van der Waals surface area contributed by atoms with Crippen LogP contribution < -0.4 is 53.6 Å². The van der Waals surface area contributed by atoms with Crippen LogP contribution in [0.1, 0.15) is 107 Å². The molecule has 0 spiro atoms. The van der Waals surface area contributed by atoms with Gasteiger partial charge in [-0.3, -0.25) is 38.4 Å². The van der Waals surface area contributed by atoms with E-state index in [1.54, 1.807) is 26.0 Å². The molecule has 0 unspecified atom stereocenters. The zero-order valence-corrected chi connectivity index (χ0v) is 42.9. The van der Waals surface area contributed by atoms with E-state index in [-0.39, 0.29) is 81.8 Å². The van der Waals surface area contributed by atoms with Gasteiger partial charge in [0, 0.05) is 32.6 Å². The van der Waals surface area contributed by atoms with E-state index in [1.807, 2.05) is 41.5 Å². The highest BCUT2D eigenvalue weighted by Gasteiger charge is 2.35. The summed E-state index contributed by atoms with van der Waals surface area (Å²) < 4.78 is 0. The van der Waals surface area contributed by atoms with Crippen LogP contribution in [0.2, 0.25) is 0 Å². The number of nitrogens with one attached hydrogen (secondary N) is 9. The van der Waals surface area contributed by atoms with E-state index in [9.17, 15) is 58.5 Å². The number of phenols is 1. The standard InChI is InChI=1S/C48H82N10O13/c1-11-28(8)39(46(68)56-36(23-26(4)5)45(67)58-40(30(10)59)47(69)57-38(27(6)7)48(70)71)51-19-21-53-43(65)34(24-31-12-14-32(60)15-13-31)50-18-20-52-41(63)29(9)54-44(66)35(22-25(2)3)55-42(64)33(49)16-17-37(61)62/h12-15,25-30,33-36,38-40,50-51,59-60H,11,16-24,49H2,1-10H3,(H,52,63)(H,53,65)(H,54,66)(H,55,64)(H,56,68)(H,57,69)(H,58,67)(H,61,62)(H,70,71)/t28-,29-,30+,33-,34-,35-,36-,38-,39-,40-/m0/s1. The van der Waals surface area contributed by atoms with Gasteiger partial charge in [-0.1, -0.05) is 73.9 Å². The molecule has 0 saturated carbocycles. The quantitative estimate of drug-likeness (QED) is 0.0368. The van der Waals surface area contributed by atoms with Crippen LogP contribution in [0, 0.1) is 23.7 Å². The van der Waals surface area contributed by atoms with E-state index in [0.29, 0.717) is 12.0 Å². The molecule has 7 amide bonds. The zero-order chi connectivity index (χ0) is 54.1. The number of carbonyl (C=O) groups is 9. The van der Waals surface area contributed by atoms with Crippen molar-refractivity contribution in [1.29, 1.82) is 0 Å². The van der Waals surface area contributed by atoms with Crippen molar-refractivity contribution in [2.75, 3.05) is 26.2 Å². The van der Waals surface area contributed by atoms with Gasteiger partial charge in [0.2, 0.25) is 41.4 Å². The van der Waals surface area contributed by atoms with Crippen LogP contribution in [0.3, 0.4) is 0 Å². The summed E-state index contributed by atoms with van der Waals surface area (Å²) in [7, 11) is 0. The van der Waals surface area contributed by atoms with Gasteiger partial charge in [-0.25, -0.2) is 4.79 Å². The third-order valence-electron chi connectivity index (χ3n) is 11.5. The van der Waals surface area contributed by atoms with Gasteiger partial charge in [0.15, 0.2) is 0 Å². The second kappa shape index (κ2) is 32.1. The second-order valence-corrected chi connectivity index (χ2v) is 19.2. The van der Waals surface area contributed by atoms with Crippen LogP contribution in [0.4, 0.5) is 0 Å². The molecule has 1 rings (SSSR count). The minimum Gasteiger partial charge on any atom is -0.508 e. The number of benzene rings is 1. The molecule has 0 saturated heterocycles. The summed E-state index contributed by atoms with van der Waals surface area (Å²) in [5.41, 5.74) is 6.54. The number of amides is 7. The fourth-order valence-corrected chi connectivity index (χ4v) is 7.19. The normalized spacial score (nSPS) is 15.6. The van der Waals surface area contributed by atoms with E-state index < -0.39 is 114 Å². The van der Waals surface area contributed by atoms with Gasteiger partial charge < -0.3 is 74.0 Å². The van der Waals surface area contributed by atoms with Crippen molar-refractivity contribution in [3.63, 3.8) is 0 Å². The van der Waals surface area contributed by atoms with Gasteiger partial charge in [-0.2, -0.15) is 0 Å². The Hall–Kier alpha value is -5.91. The maximum Gasteiger partial charge on any atom is 0.326 e. The molecule has 23 heteroatoms. The first-order chi connectivity index (χ1) is 33.2. The summed E-state index contributed by atoms with van der Waals surface area (Å²) in [4.78, 5) is 116. The van der Waals surface area contributed by atoms with Crippen LogP contribution in [0.25, 0.3) is 0 Å². The molecule has 0 aliphatic heterocycles. The van der Waals surface area contributed by atoms with Crippen molar-refractivity contribution in [3.05, 3.63) is 29.8 Å². The van der Waals surface area contributed by atoms with E-state index in [0.717, 1.165) is 0 Å². The van der Waals surface area contributed by atoms with Crippen LogP contribution in [-0.4, -0.2) is 154 Å². The molecule has 402 valence electrons. The fourth-order valence-electron chi connectivity index (χ4n) is 7.19. The van der Waals surface area contributed by atoms with E-state index in [4.69, 9.17) is 10.8 Å². The van der Waals surface area contributed by atoms with Gasteiger partial charge in [0.25, 0.3) is 0 Å². The molecule has 23 nitrogen and oxygen atoms in total. The number of carboxylic acid groups (broad SMARTS) is 2. The number of aliphatic hydroxyl groups excluding tert-OH is 1. The van der Waals surface area contributed by atoms with Crippen LogP contribution >= 0.6 is 0 Å². The second-order valence-electron chi connectivity index (χ2n) is 19.2. The van der Waals surface area contributed by atoms with E-state index >= 15 is 0 Å². The summed E-state index contributed by atoms with van der Waals surface area (Å²) in [6, 6.07) is -2.49. The monoisotopic (exact) mass is 1010 g/mol. The Morgan fingerprint density at radius 3 is 1.55 bits per heavy atom. The molecule has 0 bridgehead atoms. The molecule has 0 aromatic heterocycles. The number of carboxylic acids is 2. The van der Waals surface area contributed by atoms with Crippen molar-refractivity contribution in [3.8, 4) is 5.75 Å². The van der Waals surface area contributed by atoms with Crippen LogP contribution in [0.15, 0.2) is 24.3 Å². The van der Waals surface area contributed by atoms with Crippen molar-refractivity contribution in [2.24, 2.45) is 29.4 Å². The summed E-state index contributed by atoms with van der Waals surface area (Å²) in [5, 5.41) is 63.4. The Morgan fingerprint density at radius 1 is 0.563 bits per heavy atom. The Morgan fingerprint density at radius 2 is 1.06 bits per heavy atom. The highest BCUT2D eigenvalue weighted by Crippen LogP contribution is 2.14. The van der Waals surface area contributed by atoms with Crippen LogP contribution in [-0.2, 0) is 49.6 Å². The largest absolute Gasteiger partial charge is 0.508 e. The number of aliphatic hydroxyl groups is 1. The third-order valence-corrected chi connectivity index (χ3v) is 11.5. The number of rotatable bonds is 34. The first-order valence-electron chi connectivity index (χ1n) is 24.4. The van der Waals surface area contributed by atoms with Gasteiger partial charge in [0.05, 0.1) is 24.2 Å². The fraction of sp³-hybridized carbons (Fsp3) is 0.688.